The molecule has 0 radical (unpaired) electrons. The third kappa shape index (κ3) is 5.22. The molecule has 1 N–H and O–H groups in total. The fourth-order valence-corrected chi connectivity index (χ4v) is 2.75. The number of hydrogen-bond acceptors (Lipinski definition) is 3. The van der Waals surface area contributed by atoms with Crippen LogP contribution in [0.15, 0.2) is 48.5 Å². The van der Waals surface area contributed by atoms with E-state index in [1.165, 1.54) is 11.1 Å². The van der Waals surface area contributed by atoms with Crippen LogP contribution in [-0.2, 0) is 13.1 Å². The highest BCUT2D eigenvalue weighted by atomic mass is 16.5. The van der Waals surface area contributed by atoms with Gasteiger partial charge in [-0.05, 0) is 55.3 Å². The summed E-state index contributed by atoms with van der Waals surface area (Å²) >= 11 is 0. The van der Waals surface area contributed by atoms with Crippen molar-refractivity contribution in [3.05, 3.63) is 70.8 Å². The van der Waals surface area contributed by atoms with E-state index in [0.717, 1.165) is 30.0 Å². The molecule has 0 aromatic heterocycles. The van der Waals surface area contributed by atoms with E-state index < -0.39 is 6.10 Å². The zero-order valence-corrected chi connectivity index (χ0v) is 15.0. The number of benzene rings is 2. The molecule has 2 rings (SSSR count). The monoisotopic (exact) mass is 325 g/mol. The third-order valence-electron chi connectivity index (χ3n) is 3.98. The van der Waals surface area contributed by atoms with Crippen LogP contribution in [0, 0.1) is 6.92 Å². The highest BCUT2D eigenvalue weighted by molar-refractivity contribution is 5.59. The molecule has 128 valence electrons. The summed E-state index contributed by atoms with van der Waals surface area (Å²) in [6, 6.07) is 14.7. The van der Waals surface area contributed by atoms with E-state index >= 15 is 0 Å². The summed E-state index contributed by atoms with van der Waals surface area (Å²) in [7, 11) is 3.81. The Balaban J connectivity index is 2.18. The predicted molar refractivity (Wildman–Crippen MR) is 100 cm³/mol. The Labute approximate surface area is 145 Å². The fraction of sp³-hybridized carbons (Fsp3) is 0.333. The molecule has 0 fully saturated rings. The minimum Gasteiger partial charge on any atom is -0.496 e. The number of rotatable bonds is 7. The first-order valence-electron chi connectivity index (χ1n) is 8.26. The first-order chi connectivity index (χ1) is 11.5. The molecule has 0 aliphatic heterocycles. The second-order valence-corrected chi connectivity index (χ2v) is 6.27. The van der Waals surface area contributed by atoms with Crippen molar-refractivity contribution in [3.63, 3.8) is 0 Å². The summed E-state index contributed by atoms with van der Waals surface area (Å²) in [5.41, 5.74) is 4.66. The van der Waals surface area contributed by atoms with Crippen molar-refractivity contribution >= 4 is 6.08 Å². The van der Waals surface area contributed by atoms with Crippen molar-refractivity contribution in [2.24, 2.45) is 0 Å². The Morgan fingerprint density at radius 2 is 1.79 bits per heavy atom. The molecule has 0 saturated carbocycles. The van der Waals surface area contributed by atoms with E-state index in [1.807, 2.05) is 19.1 Å². The lowest BCUT2D eigenvalue weighted by atomic mass is 10.0. The minimum absolute atomic E-state index is 0.459. The van der Waals surface area contributed by atoms with Gasteiger partial charge in [0.25, 0.3) is 0 Å². The summed E-state index contributed by atoms with van der Waals surface area (Å²) in [5.74, 6) is 0.880. The van der Waals surface area contributed by atoms with Crippen molar-refractivity contribution in [1.29, 1.82) is 0 Å². The molecule has 1 unspecified atom stereocenters. The molecule has 0 saturated heterocycles. The molecular formula is C21H27NO2. The second-order valence-electron chi connectivity index (χ2n) is 6.27. The largest absolute Gasteiger partial charge is 0.496 e. The molecule has 0 bridgehead atoms. The van der Waals surface area contributed by atoms with Crippen LogP contribution in [0.25, 0.3) is 6.08 Å². The van der Waals surface area contributed by atoms with Gasteiger partial charge >= 0.3 is 0 Å². The molecule has 0 spiro atoms. The van der Waals surface area contributed by atoms with Gasteiger partial charge in [-0.2, -0.15) is 0 Å². The predicted octanol–water partition coefficient (Wildman–Crippen LogP) is 4.03. The summed E-state index contributed by atoms with van der Waals surface area (Å²) in [6.07, 6.45) is 3.29. The molecule has 2 aromatic rings. The van der Waals surface area contributed by atoms with E-state index in [2.05, 4.69) is 48.3 Å². The van der Waals surface area contributed by atoms with E-state index in [0.29, 0.717) is 0 Å². The van der Waals surface area contributed by atoms with Crippen LogP contribution in [0.5, 0.6) is 5.75 Å². The smallest absolute Gasteiger partial charge is 0.122 e. The minimum atomic E-state index is -0.459. The van der Waals surface area contributed by atoms with E-state index in [9.17, 15) is 5.11 Å². The van der Waals surface area contributed by atoms with Crippen LogP contribution in [0.4, 0.5) is 0 Å². The fourth-order valence-electron chi connectivity index (χ4n) is 2.75. The van der Waals surface area contributed by atoms with Gasteiger partial charge in [-0.15, -0.1) is 0 Å². The number of methoxy groups -OCH3 is 1. The highest BCUT2D eigenvalue weighted by Gasteiger charge is 2.09. The zero-order valence-electron chi connectivity index (χ0n) is 15.0. The van der Waals surface area contributed by atoms with Gasteiger partial charge in [-0.25, -0.2) is 0 Å². The van der Waals surface area contributed by atoms with Gasteiger partial charge in [0.2, 0.25) is 0 Å². The van der Waals surface area contributed by atoms with Gasteiger partial charge in [0.15, 0.2) is 0 Å². The average molecular weight is 325 g/mol. The molecule has 0 aliphatic rings. The SMILES string of the molecule is COc1cc(CN(C)Cc2ccccc2)cc(/C=C\C(C)O)c1C. The maximum Gasteiger partial charge on any atom is 0.122 e. The van der Waals surface area contributed by atoms with Gasteiger partial charge in [-0.1, -0.05) is 42.5 Å². The molecule has 3 nitrogen and oxygen atoms in total. The van der Waals surface area contributed by atoms with E-state index in [1.54, 1.807) is 20.1 Å². The number of nitrogens with zero attached hydrogens (tertiary/aromatic N) is 1. The van der Waals surface area contributed by atoms with Gasteiger partial charge in [-0.3, -0.25) is 4.90 Å². The van der Waals surface area contributed by atoms with E-state index in [-0.39, 0.29) is 0 Å². The summed E-state index contributed by atoms with van der Waals surface area (Å²) in [6.45, 7) is 5.52. The van der Waals surface area contributed by atoms with Crippen LogP contribution in [0.3, 0.4) is 0 Å². The van der Waals surface area contributed by atoms with Crippen molar-refractivity contribution in [2.45, 2.75) is 33.0 Å². The summed E-state index contributed by atoms with van der Waals surface area (Å²) < 4.78 is 5.52. The van der Waals surface area contributed by atoms with Gasteiger partial charge < -0.3 is 9.84 Å². The topological polar surface area (TPSA) is 32.7 Å². The lowest BCUT2D eigenvalue weighted by molar-refractivity contribution is 0.245. The quantitative estimate of drug-likeness (QED) is 0.834. The van der Waals surface area contributed by atoms with Crippen molar-refractivity contribution < 1.29 is 9.84 Å². The molecular weight excluding hydrogens is 298 g/mol. The van der Waals surface area contributed by atoms with Crippen molar-refractivity contribution in [1.82, 2.24) is 4.90 Å². The summed E-state index contributed by atoms with van der Waals surface area (Å²) in [4.78, 5) is 2.28. The van der Waals surface area contributed by atoms with Crippen LogP contribution < -0.4 is 4.74 Å². The van der Waals surface area contributed by atoms with Crippen LogP contribution in [0.2, 0.25) is 0 Å². The number of aliphatic hydroxyl groups is 1. The molecule has 1 atom stereocenters. The normalized spacial score (nSPS) is 12.8. The lowest BCUT2D eigenvalue weighted by Crippen LogP contribution is -2.17. The molecule has 0 aliphatic carbocycles. The third-order valence-corrected chi connectivity index (χ3v) is 3.98. The Morgan fingerprint density at radius 1 is 1.12 bits per heavy atom. The van der Waals surface area contributed by atoms with Crippen molar-refractivity contribution in [2.75, 3.05) is 14.2 Å². The lowest BCUT2D eigenvalue weighted by Gasteiger charge is -2.19. The van der Waals surface area contributed by atoms with Crippen LogP contribution in [-0.4, -0.2) is 30.3 Å². The molecule has 0 amide bonds. The standard InChI is InChI=1S/C21H27NO2/c1-16(23)10-11-20-12-19(13-21(24-4)17(20)2)15-22(3)14-18-8-6-5-7-9-18/h5-13,16,23H,14-15H2,1-4H3/b11-10-. The van der Waals surface area contributed by atoms with Crippen LogP contribution in [0.1, 0.15) is 29.2 Å². The van der Waals surface area contributed by atoms with Crippen molar-refractivity contribution in [3.8, 4) is 5.75 Å². The Hall–Kier alpha value is -2.10. The van der Waals surface area contributed by atoms with E-state index in [4.69, 9.17) is 4.74 Å². The Bertz CT molecular complexity index is 678. The van der Waals surface area contributed by atoms with Gasteiger partial charge in [0.05, 0.1) is 13.2 Å². The first kappa shape index (κ1) is 18.2. The maximum absolute atomic E-state index is 9.48. The van der Waals surface area contributed by atoms with Gasteiger partial charge in [0.1, 0.15) is 5.75 Å². The number of aliphatic hydroxyl groups excluding tert-OH is 1. The van der Waals surface area contributed by atoms with Crippen LogP contribution >= 0.6 is 0 Å². The highest BCUT2D eigenvalue weighted by Crippen LogP contribution is 2.26. The average Bonchev–Trinajstić information content (AvgIpc) is 2.55. The molecule has 24 heavy (non-hydrogen) atoms. The second kappa shape index (κ2) is 8.67. The number of hydrogen-bond donors (Lipinski definition) is 1. The molecule has 2 aromatic carbocycles. The Kier molecular flexibility index (Phi) is 6.59. The molecule has 0 heterocycles. The zero-order chi connectivity index (χ0) is 17.5. The first-order valence-corrected chi connectivity index (χ1v) is 8.26. The summed E-state index contributed by atoms with van der Waals surface area (Å²) in [5, 5.41) is 9.48. The van der Waals surface area contributed by atoms with Gasteiger partial charge in [0, 0.05) is 13.1 Å². The Morgan fingerprint density at radius 3 is 2.42 bits per heavy atom. The molecule has 3 heteroatoms. The number of ether oxygens (including phenoxy) is 1. The maximum atomic E-state index is 9.48.